The normalized spacial score (nSPS) is 10.7. The molecule has 0 aliphatic heterocycles. The Hall–Kier alpha value is -3.15. The van der Waals surface area contributed by atoms with Crippen LogP contribution in [0.15, 0.2) is 48.9 Å². The molecule has 0 aliphatic rings. The van der Waals surface area contributed by atoms with Crippen LogP contribution >= 0.6 is 0 Å². The van der Waals surface area contributed by atoms with E-state index in [0.717, 1.165) is 41.5 Å². The maximum absolute atomic E-state index is 12.7. The van der Waals surface area contributed by atoms with Crippen LogP contribution in [0.3, 0.4) is 0 Å². The van der Waals surface area contributed by atoms with Gasteiger partial charge in [-0.1, -0.05) is 6.07 Å². The number of amides is 1. The van der Waals surface area contributed by atoms with Crippen molar-refractivity contribution in [1.82, 2.24) is 19.9 Å². The van der Waals surface area contributed by atoms with Gasteiger partial charge in [0.15, 0.2) is 0 Å². The van der Waals surface area contributed by atoms with Gasteiger partial charge in [0.2, 0.25) is 0 Å². The molecule has 146 valence electrons. The molecule has 6 nitrogen and oxygen atoms in total. The summed E-state index contributed by atoms with van der Waals surface area (Å²) in [4.78, 5) is 23.6. The average Bonchev–Trinajstić information content (AvgIpc) is 3.03. The van der Waals surface area contributed by atoms with Crippen molar-refractivity contribution in [2.24, 2.45) is 0 Å². The maximum atomic E-state index is 12.7. The highest BCUT2D eigenvalue weighted by Crippen LogP contribution is 2.20. The number of rotatable bonds is 7. The van der Waals surface area contributed by atoms with Crippen LogP contribution in [0.1, 0.15) is 41.2 Å². The zero-order valence-corrected chi connectivity index (χ0v) is 16.9. The Labute approximate surface area is 166 Å². The van der Waals surface area contributed by atoms with Crippen LogP contribution in [0.25, 0.3) is 5.69 Å². The lowest BCUT2D eigenvalue weighted by molar-refractivity contribution is 0.0950. The first-order valence-electron chi connectivity index (χ1n) is 9.62. The molecule has 0 saturated heterocycles. The van der Waals surface area contributed by atoms with E-state index in [1.54, 1.807) is 12.4 Å². The van der Waals surface area contributed by atoms with Gasteiger partial charge in [-0.25, -0.2) is 4.98 Å². The van der Waals surface area contributed by atoms with E-state index >= 15 is 0 Å². The molecule has 0 bridgehead atoms. The minimum absolute atomic E-state index is 0.0870. The zero-order valence-electron chi connectivity index (χ0n) is 16.9. The molecule has 0 atom stereocenters. The molecule has 0 aliphatic carbocycles. The zero-order chi connectivity index (χ0) is 20.1. The van der Waals surface area contributed by atoms with E-state index in [1.807, 2.05) is 54.9 Å². The van der Waals surface area contributed by atoms with Gasteiger partial charge in [0.05, 0.1) is 17.4 Å². The molecule has 0 unspecified atom stereocenters. The van der Waals surface area contributed by atoms with Crippen LogP contribution in [-0.2, 0) is 6.54 Å². The summed E-state index contributed by atoms with van der Waals surface area (Å²) in [5, 5.41) is 3.00. The molecule has 3 aromatic rings. The standard InChI is InChI=1S/C22H27N5O/c1-5-26(6-2)21-10-9-18(13-24-21)14-25-22(28)20-12-16(3)27(17(20)4)19-8-7-11-23-15-19/h7-13,15H,5-6,14H2,1-4H3,(H,25,28). The Morgan fingerprint density at radius 3 is 2.54 bits per heavy atom. The van der Waals surface area contributed by atoms with Crippen molar-refractivity contribution in [1.29, 1.82) is 0 Å². The Balaban J connectivity index is 1.71. The molecule has 1 N–H and O–H groups in total. The first-order valence-corrected chi connectivity index (χ1v) is 9.62. The van der Waals surface area contributed by atoms with Gasteiger partial charge in [-0.15, -0.1) is 0 Å². The Morgan fingerprint density at radius 2 is 1.93 bits per heavy atom. The molecule has 3 heterocycles. The van der Waals surface area contributed by atoms with Crippen LogP contribution in [0.4, 0.5) is 5.82 Å². The van der Waals surface area contributed by atoms with Crippen molar-refractivity contribution in [2.75, 3.05) is 18.0 Å². The second-order valence-electron chi connectivity index (χ2n) is 6.71. The van der Waals surface area contributed by atoms with Gasteiger partial charge in [-0.05, 0) is 57.5 Å². The number of aromatic nitrogens is 3. The molecule has 3 aromatic heterocycles. The number of nitrogens with one attached hydrogen (secondary N) is 1. The molecule has 0 radical (unpaired) electrons. The van der Waals surface area contributed by atoms with E-state index in [9.17, 15) is 4.79 Å². The molecular weight excluding hydrogens is 350 g/mol. The third kappa shape index (κ3) is 4.06. The van der Waals surface area contributed by atoms with Gasteiger partial charge in [0.1, 0.15) is 5.82 Å². The van der Waals surface area contributed by atoms with Crippen molar-refractivity contribution in [3.8, 4) is 5.69 Å². The van der Waals surface area contributed by atoms with Gasteiger partial charge in [0, 0.05) is 43.4 Å². The van der Waals surface area contributed by atoms with Gasteiger partial charge < -0.3 is 14.8 Å². The predicted octanol–water partition coefficient (Wildman–Crippen LogP) is 3.66. The number of nitrogens with zero attached hydrogens (tertiary/aromatic N) is 4. The highest BCUT2D eigenvalue weighted by Gasteiger charge is 2.16. The fourth-order valence-corrected chi connectivity index (χ4v) is 3.41. The number of carbonyl (C=O) groups is 1. The Bertz CT molecular complexity index is 928. The summed E-state index contributed by atoms with van der Waals surface area (Å²) < 4.78 is 2.04. The highest BCUT2D eigenvalue weighted by molar-refractivity contribution is 5.95. The third-order valence-electron chi connectivity index (χ3n) is 4.93. The monoisotopic (exact) mass is 377 g/mol. The summed E-state index contributed by atoms with van der Waals surface area (Å²) in [5.74, 6) is 0.871. The van der Waals surface area contributed by atoms with E-state index in [1.165, 1.54) is 0 Å². The van der Waals surface area contributed by atoms with Crippen molar-refractivity contribution >= 4 is 11.7 Å². The van der Waals surface area contributed by atoms with Crippen molar-refractivity contribution in [3.05, 3.63) is 71.4 Å². The summed E-state index contributed by atoms with van der Waals surface area (Å²) in [7, 11) is 0. The maximum Gasteiger partial charge on any atom is 0.253 e. The quantitative estimate of drug-likeness (QED) is 0.682. The first-order chi connectivity index (χ1) is 13.5. The van der Waals surface area contributed by atoms with Crippen LogP contribution in [0, 0.1) is 13.8 Å². The number of pyridine rings is 2. The molecule has 1 amide bonds. The van der Waals surface area contributed by atoms with E-state index in [4.69, 9.17) is 0 Å². The topological polar surface area (TPSA) is 63.1 Å². The minimum atomic E-state index is -0.0870. The summed E-state index contributed by atoms with van der Waals surface area (Å²) in [6.45, 7) is 10.5. The van der Waals surface area contributed by atoms with Crippen molar-refractivity contribution < 1.29 is 4.79 Å². The van der Waals surface area contributed by atoms with Gasteiger partial charge >= 0.3 is 0 Å². The van der Waals surface area contributed by atoms with E-state index in [2.05, 4.69) is 34.0 Å². The number of hydrogen-bond donors (Lipinski definition) is 1. The van der Waals surface area contributed by atoms with Gasteiger partial charge in [-0.2, -0.15) is 0 Å². The van der Waals surface area contributed by atoms with Crippen molar-refractivity contribution in [2.45, 2.75) is 34.2 Å². The second kappa shape index (κ2) is 8.69. The minimum Gasteiger partial charge on any atom is -0.357 e. The molecule has 0 fully saturated rings. The van der Waals surface area contributed by atoms with E-state index < -0.39 is 0 Å². The second-order valence-corrected chi connectivity index (χ2v) is 6.71. The summed E-state index contributed by atoms with van der Waals surface area (Å²) in [6.07, 6.45) is 5.36. The molecule has 0 saturated carbocycles. The largest absolute Gasteiger partial charge is 0.357 e. The smallest absolute Gasteiger partial charge is 0.253 e. The lowest BCUT2D eigenvalue weighted by atomic mass is 10.2. The predicted molar refractivity (Wildman–Crippen MR) is 112 cm³/mol. The average molecular weight is 377 g/mol. The molecule has 0 spiro atoms. The number of carbonyl (C=O) groups excluding carboxylic acids is 1. The summed E-state index contributed by atoms with van der Waals surface area (Å²) in [5.41, 5.74) is 4.51. The molecule has 28 heavy (non-hydrogen) atoms. The van der Waals surface area contributed by atoms with E-state index in [-0.39, 0.29) is 5.91 Å². The summed E-state index contributed by atoms with van der Waals surface area (Å²) >= 11 is 0. The Kier molecular flexibility index (Phi) is 6.09. The first kappa shape index (κ1) is 19.6. The molecular formula is C22H27N5O. The van der Waals surface area contributed by atoms with Crippen LogP contribution < -0.4 is 10.2 Å². The Morgan fingerprint density at radius 1 is 1.14 bits per heavy atom. The van der Waals surface area contributed by atoms with Crippen LogP contribution in [-0.4, -0.2) is 33.5 Å². The third-order valence-corrected chi connectivity index (χ3v) is 4.93. The van der Waals surface area contributed by atoms with Crippen LogP contribution in [0.5, 0.6) is 0 Å². The van der Waals surface area contributed by atoms with E-state index in [0.29, 0.717) is 12.1 Å². The van der Waals surface area contributed by atoms with Gasteiger partial charge in [-0.3, -0.25) is 9.78 Å². The van der Waals surface area contributed by atoms with Crippen LogP contribution in [0.2, 0.25) is 0 Å². The number of hydrogen-bond acceptors (Lipinski definition) is 4. The lowest BCUT2D eigenvalue weighted by Gasteiger charge is -2.19. The fraction of sp³-hybridized carbons (Fsp3) is 0.318. The molecule has 3 rings (SSSR count). The summed E-state index contributed by atoms with van der Waals surface area (Å²) in [6, 6.07) is 9.81. The fourth-order valence-electron chi connectivity index (χ4n) is 3.41. The molecule has 0 aromatic carbocycles. The highest BCUT2D eigenvalue weighted by atomic mass is 16.1. The number of aryl methyl sites for hydroxylation is 1. The van der Waals surface area contributed by atoms with Gasteiger partial charge in [0.25, 0.3) is 5.91 Å². The number of anilines is 1. The lowest BCUT2D eigenvalue weighted by Crippen LogP contribution is -2.24. The molecule has 6 heteroatoms. The van der Waals surface area contributed by atoms with Crippen molar-refractivity contribution in [3.63, 3.8) is 0 Å². The SMILES string of the molecule is CCN(CC)c1ccc(CNC(=O)c2cc(C)n(-c3cccnc3)c2C)cn1.